The minimum atomic E-state index is 0.0506. The van der Waals surface area contributed by atoms with Gasteiger partial charge in [-0.2, -0.15) is 0 Å². The van der Waals surface area contributed by atoms with Crippen molar-refractivity contribution in [2.45, 2.75) is 24.6 Å². The lowest BCUT2D eigenvalue weighted by Crippen LogP contribution is -2.31. The smallest absolute Gasteiger partial charge is 0.224 e. The lowest BCUT2D eigenvalue weighted by Gasteiger charge is -2.23. The van der Waals surface area contributed by atoms with Crippen molar-refractivity contribution in [2.75, 3.05) is 13.6 Å². The van der Waals surface area contributed by atoms with Gasteiger partial charge in [0.05, 0.1) is 11.8 Å². The van der Waals surface area contributed by atoms with Crippen LogP contribution in [0.1, 0.15) is 18.4 Å². The molecule has 1 heterocycles. The summed E-state index contributed by atoms with van der Waals surface area (Å²) < 4.78 is 0. The molecule has 1 N–H and O–H groups in total. The second-order valence-corrected chi connectivity index (χ2v) is 7.04. The highest BCUT2D eigenvalue weighted by atomic mass is 32.2. The number of carbonyl (C=O) groups excluding carboxylic acids is 2. The molecule has 0 radical (unpaired) electrons. The van der Waals surface area contributed by atoms with Gasteiger partial charge in [-0.3, -0.25) is 9.59 Å². The number of nitrogens with zero attached hydrogens (tertiary/aromatic N) is 1. The number of nitrogens with one attached hydrogen (secondary N) is 1. The molecule has 0 spiro atoms. The van der Waals surface area contributed by atoms with Crippen LogP contribution < -0.4 is 5.32 Å². The summed E-state index contributed by atoms with van der Waals surface area (Å²) in [6.07, 6.45) is 5.34. The Morgan fingerprint density at radius 1 is 1.30 bits per heavy atom. The number of benzene rings is 1. The van der Waals surface area contributed by atoms with Crippen molar-refractivity contribution in [1.82, 2.24) is 10.2 Å². The molecule has 1 aromatic rings. The van der Waals surface area contributed by atoms with Gasteiger partial charge in [0.25, 0.3) is 0 Å². The van der Waals surface area contributed by atoms with Crippen molar-refractivity contribution in [2.24, 2.45) is 0 Å². The molecular formula is C18H20N2O2S. The van der Waals surface area contributed by atoms with Gasteiger partial charge in [0, 0.05) is 30.6 Å². The zero-order valence-electron chi connectivity index (χ0n) is 13.1. The molecule has 5 heteroatoms. The number of amides is 1. The van der Waals surface area contributed by atoms with Gasteiger partial charge in [-0.05, 0) is 24.1 Å². The van der Waals surface area contributed by atoms with Crippen molar-refractivity contribution >= 4 is 23.5 Å². The molecule has 0 saturated carbocycles. The third kappa shape index (κ3) is 3.85. The number of likely N-dealkylation sites (N-methyl/N-ethyl adjacent to an activating group) is 1. The topological polar surface area (TPSA) is 49.4 Å². The number of carbonyl (C=O) groups is 2. The largest absolute Gasteiger partial charge is 0.362 e. The SMILES string of the molecule is CN1C2=C(CC(=O)C=C2)SC1CCNC(=O)Cc1ccccc1. The molecule has 1 unspecified atom stereocenters. The van der Waals surface area contributed by atoms with Gasteiger partial charge in [-0.25, -0.2) is 0 Å². The van der Waals surface area contributed by atoms with E-state index >= 15 is 0 Å². The van der Waals surface area contributed by atoms with Crippen LogP contribution >= 0.6 is 11.8 Å². The molecule has 1 aliphatic carbocycles. The maximum atomic E-state index is 12.0. The predicted molar refractivity (Wildman–Crippen MR) is 92.7 cm³/mol. The van der Waals surface area contributed by atoms with E-state index in [0.717, 1.165) is 22.6 Å². The lowest BCUT2D eigenvalue weighted by atomic mass is 10.1. The highest BCUT2D eigenvalue weighted by Gasteiger charge is 2.30. The molecule has 1 aromatic carbocycles. The Kier molecular flexibility index (Phi) is 4.86. The first kappa shape index (κ1) is 15.9. The van der Waals surface area contributed by atoms with Crippen LogP contribution in [0.5, 0.6) is 0 Å². The van der Waals surface area contributed by atoms with Crippen LogP contribution in [0.3, 0.4) is 0 Å². The Balaban J connectivity index is 1.44. The van der Waals surface area contributed by atoms with Crippen LogP contribution in [0, 0.1) is 0 Å². The number of hydrogen-bond acceptors (Lipinski definition) is 4. The minimum absolute atomic E-state index is 0.0506. The Hall–Kier alpha value is -2.01. The molecule has 1 atom stereocenters. The summed E-state index contributed by atoms with van der Waals surface area (Å²) in [5, 5.41) is 3.27. The molecule has 23 heavy (non-hydrogen) atoms. The first-order valence-electron chi connectivity index (χ1n) is 7.77. The fourth-order valence-electron chi connectivity index (χ4n) is 2.82. The molecule has 0 fully saturated rings. The molecule has 1 aliphatic heterocycles. The fraction of sp³-hybridized carbons (Fsp3) is 0.333. The normalized spacial score (nSPS) is 20.0. The quantitative estimate of drug-likeness (QED) is 0.902. The fourth-order valence-corrected chi connectivity index (χ4v) is 4.21. The van der Waals surface area contributed by atoms with E-state index in [0.29, 0.717) is 19.4 Å². The molecule has 4 nitrogen and oxygen atoms in total. The third-order valence-electron chi connectivity index (χ3n) is 4.06. The van der Waals surface area contributed by atoms with E-state index < -0.39 is 0 Å². The van der Waals surface area contributed by atoms with E-state index in [1.807, 2.05) is 43.5 Å². The average molecular weight is 328 g/mol. The van der Waals surface area contributed by atoms with E-state index in [1.54, 1.807) is 17.8 Å². The van der Waals surface area contributed by atoms with Crippen molar-refractivity contribution in [3.8, 4) is 0 Å². The third-order valence-corrected chi connectivity index (χ3v) is 5.52. The van der Waals surface area contributed by atoms with Crippen LogP contribution in [0.2, 0.25) is 0 Å². The summed E-state index contributed by atoms with van der Waals surface area (Å²) in [7, 11) is 2.05. The highest BCUT2D eigenvalue weighted by molar-refractivity contribution is 8.03. The van der Waals surface area contributed by atoms with Crippen molar-refractivity contribution in [3.63, 3.8) is 0 Å². The van der Waals surface area contributed by atoms with Crippen molar-refractivity contribution < 1.29 is 9.59 Å². The summed E-state index contributed by atoms with van der Waals surface area (Å²) >= 11 is 1.74. The van der Waals surface area contributed by atoms with Crippen LogP contribution in [0.15, 0.2) is 53.1 Å². The van der Waals surface area contributed by atoms with E-state index in [2.05, 4.69) is 10.2 Å². The molecule has 0 aromatic heterocycles. The zero-order chi connectivity index (χ0) is 16.2. The number of ketones is 1. The summed E-state index contributed by atoms with van der Waals surface area (Å²) in [6.45, 7) is 0.645. The van der Waals surface area contributed by atoms with Gasteiger partial charge in [0.15, 0.2) is 5.78 Å². The maximum absolute atomic E-state index is 12.0. The zero-order valence-corrected chi connectivity index (χ0v) is 13.9. The van der Waals surface area contributed by atoms with E-state index in [4.69, 9.17) is 0 Å². The number of rotatable bonds is 5. The van der Waals surface area contributed by atoms with Crippen LogP contribution in [-0.2, 0) is 16.0 Å². The highest BCUT2D eigenvalue weighted by Crippen LogP contribution is 2.42. The van der Waals surface area contributed by atoms with Crippen molar-refractivity contribution in [1.29, 1.82) is 0 Å². The minimum Gasteiger partial charge on any atom is -0.362 e. The molecule has 0 saturated heterocycles. The van der Waals surface area contributed by atoms with Gasteiger partial charge < -0.3 is 10.2 Å². The standard InChI is InChI=1S/C18H20N2O2S/c1-20-15-8-7-14(21)12-16(15)23-18(20)9-10-19-17(22)11-13-5-3-2-4-6-13/h2-8,18H,9-12H2,1H3,(H,19,22). The van der Waals surface area contributed by atoms with E-state index in [9.17, 15) is 9.59 Å². The Morgan fingerprint density at radius 2 is 2.09 bits per heavy atom. The Labute approximate surface area is 140 Å². The van der Waals surface area contributed by atoms with Gasteiger partial charge >= 0.3 is 0 Å². The maximum Gasteiger partial charge on any atom is 0.224 e. The summed E-state index contributed by atoms with van der Waals surface area (Å²) in [5.74, 6) is 0.219. The second-order valence-electron chi connectivity index (χ2n) is 5.77. The van der Waals surface area contributed by atoms with Crippen LogP contribution in [-0.4, -0.2) is 35.6 Å². The van der Waals surface area contributed by atoms with E-state index in [1.165, 1.54) is 0 Å². The summed E-state index contributed by atoms with van der Waals surface area (Å²) in [6, 6.07) is 9.75. The summed E-state index contributed by atoms with van der Waals surface area (Å²) in [4.78, 5) is 26.8. The molecule has 2 aliphatic rings. The van der Waals surface area contributed by atoms with Crippen LogP contribution in [0.25, 0.3) is 0 Å². The number of hydrogen-bond donors (Lipinski definition) is 1. The predicted octanol–water partition coefficient (Wildman–Crippen LogP) is 2.48. The van der Waals surface area contributed by atoms with Gasteiger partial charge in [-0.15, -0.1) is 11.8 Å². The van der Waals surface area contributed by atoms with Crippen molar-refractivity contribution in [3.05, 3.63) is 58.6 Å². The molecule has 1 amide bonds. The van der Waals surface area contributed by atoms with E-state index in [-0.39, 0.29) is 17.1 Å². The number of allylic oxidation sites excluding steroid dienone is 3. The first-order chi connectivity index (χ1) is 11.1. The monoisotopic (exact) mass is 328 g/mol. The Bertz CT molecular complexity index is 667. The Morgan fingerprint density at radius 3 is 2.87 bits per heavy atom. The number of thioether (sulfide) groups is 1. The summed E-state index contributed by atoms with van der Waals surface area (Å²) in [5.41, 5.74) is 2.17. The molecular weight excluding hydrogens is 308 g/mol. The van der Waals surface area contributed by atoms with Gasteiger partial charge in [0.1, 0.15) is 0 Å². The molecule has 120 valence electrons. The van der Waals surface area contributed by atoms with Gasteiger partial charge in [-0.1, -0.05) is 30.3 Å². The van der Waals surface area contributed by atoms with Gasteiger partial charge in [0.2, 0.25) is 5.91 Å². The molecule has 0 bridgehead atoms. The van der Waals surface area contributed by atoms with Crippen LogP contribution in [0.4, 0.5) is 0 Å². The molecule has 3 rings (SSSR count). The lowest BCUT2D eigenvalue weighted by molar-refractivity contribution is -0.120. The first-order valence-corrected chi connectivity index (χ1v) is 8.65. The second kappa shape index (κ2) is 7.04. The average Bonchev–Trinajstić information content (AvgIpc) is 2.84.